The van der Waals surface area contributed by atoms with Gasteiger partial charge in [-0.25, -0.2) is 0 Å². The molecular formula is C15H24N2O3. The van der Waals surface area contributed by atoms with E-state index >= 15 is 0 Å². The molecule has 0 aliphatic rings. The summed E-state index contributed by atoms with van der Waals surface area (Å²) in [5.41, 5.74) is 1.23. The molecule has 0 unspecified atom stereocenters. The summed E-state index contributed by atoms with van der Waals surface area (Å²) in [5, 5.41) is 20.9. The van der Waals surface area contributed by atoms with Gasteiger partial charge in [0.2, 0.25) is 0 Å². The molecule has 1 atom stereocenters. The Labute approximate surface area is 120 Å². The lowest BCUT2D eigenvalue weighted by Crippen LogP contribution is -2.34. The van der Waals surface area contributed by atoms with Gasteiger partial charge in [0.1, 0.15) is 5.69 Å². The van der Waals surface area contributed by atoms with Crippen LogP contribution in [0.5, 0.6) is 0 Å². The van der Waals surface area contributed by atoms with Gasteiger partial charge in [-0.15, -0.1) is 0 Å². The van der Waals surface area contributed by atoms with Gasteiger partial charge in [-0.2, -0.15) is 0 Å². The van der Waals surface area contributed by atoms with Gasteiger partial charge in [-0.1, -0.05) is 19.9 Å². The highest BCUT2D eigenvalue weighted by Crippen LogP contribution is 2.32. The highest BCUT2D eigenvalue weighted by Gasteiger charge is 2.23. The Morgan fingerprint density at radius 2 is 1.85 bits per heavy atom. The van der Waals surface area contributed by atoms with E-state index in [1.807, 2.05) is 18.7 Å². The van der Waals surface area contributed by atoms with Crippen LogP contribution in [0.25, 0.3) is 0 Å². The van der Waals surface area contributed by atoms with E-state index in [1.54, 1.807) is 19.1 Å². The molecule has 0 amide bonds. The third-order valence-corrected chi connectivity index (χ3v) is 3.17. The summed E-state index contributed by atoms with van der Waals surface area (Å²) in [5.74, 6) is 0.411. The molecule has 0 heterocycles. The van der Waals surface area contributed by atoms with Gasteiger partial charge in [0.05, 0.1) is 11.0 Å². The predicted molar refractivity (Wildman–Crippen MR) is 81.1 cm³/mol. The van der Waals surface area contributed by atoms with Crippen LogP contribution in [0.2, 0.25) is 0 Å². The summed E-state index contributed by atoms with van der Waals surface area (Å²) in [6, 6.07) is 5.13. The summed E-state index contributed by atoms with van der Waals surface area (Å²) >= 11 is 0. The molecule has 0 radical (unpaired) electrons. The van der Waals surface area contributed by atoms with Gasteiger partial charge < -0.3 is 10.0 Å². The molecular weight excluding hydrogens is 256 g/mol. The number of benzene rings is 1. The average molecular weight is 280 g/mol. The third-order valence-electron chi connectivity index (χ3n) is 3.17. The number of nitrogens with zero attached hydrogens (tertiary/aromatic N) is 2. The normalized spacial score (nSPS) is 12.8. The molecule has 0 saturated heterocycles. The fourth-order valence-corrected chi connectivity index (χ4v) is 2.17. The van der Waals surface area contributed by atoms with Crippen molar-refractivity contribution in [1.82, 2.24) is 0 Å². The number of hydrogen-bond acceptors (Lipinski definition) is 4. The molecule has 112 valence electrons. The van der Waals surface area contributed by atoms with Crippen LogP contribution in [-0.2, 0) is 0 Å². The largest absolute Gasteiger partial charge is 0.389 e. The maximum absolute atomic E-state index is 11.3. The molecule has 20 heavy (non-hydrogen) atoms. The van der Waals surface area contributed by atoms with Crippen LogP contribution in [0.4, 0.5) is 11.4 Å². The minimum absolute atomic E-state index is 0.0535. The van der Waals surface area contributed by atoms with Crippen molar-refractivity contribution in [2.45, 2.75) is 46.8 Å². The minimum Gasteiger partial charge on any atom is -0.389 e. The van der Waals surface area contributed by atoms with E-state index in [2.05, 4.69) is 13.8 Å². The first-order valence-corrected chi connectivity index (χ1v) is 6.97. The lowest BCUT2D eigenvalue weighted by atomic mass is 10.1. The summed E-state index contributed by atoms with van der Waals surface area (Å²) in [4.78, 5) is 13.0. The fourth-order valence-electron chi connectivity index (χ4n) is 2.17. The van der Waals surface area contributed by atoms with Crippen LogP contribution in [-0.4, -0.2) is 22.6 Å². The summed E-state index contributed by atoms with van der Waals surface area (Å²) in [7, 11) is 0. The zero-order valence-electron chi connectivity index (χ0n) is 12.8. The maximum atomic E-state index is 11.3. The average Bonchev–Trinajstić information content (AvgIpc) is 2.34. The smallest absolute Gasteiger partial charge is 0.292 e. The molecule has 1 aromatic carbocycles. The predicted octanol–water partition coefficient (Wildman–Crippen LogP) is 3.52. The second-order valence-corrected chi connectivity index (χ2v) is 5.82. The third kappa shape index (κ3) is 3.93. The standard InChI is InChI=1S/C15H24N2O3/c1-10(2)9-16(11(3)4)14-7-6-13(12(5)18)8-15(14)17(19)20/h6-8,10-12,18H,9H2,1-5H3/t12-/m1/s1. The number of rotatable bonds is 6. The van der Waals surface area contributed by atoms with Crippen LogP contribution in [0.3, 0.4) is 0 Å². The zero-order chi connectivity index (χ0) is 15.4. The fraction of sp³-hybridized carbons (Fsp3) is 0.600. The second kappa shape index (κ2) is 6.70. The van der Waals surface area contributed by atoms with E-state index in [4.69, 9.17) is 0 Å². The Balaban J connectivity index is 3.30. The van der Waals surface area contributed by atoms with Gasteiger partial charge in [0.15, 0.2) is 0 Å². The number of aliphatic hydroxyl groups excluding tert-OH is 1. The van der Waals surface area contributed by atoms with Crippen molar-refractivity contribution in [1.29, 1.82) is 0 Å². The second-order valence-electron chi connectivity index (χ2n) is 5.82. The van der Waals surface area contributed by atoms with Crippen molar-refractivity contribution in [2.75, 3.05) is 11.4 Å². The zero-order valence-corrected chi connectivity index (χ0v) is 12.8. The highest BCUT2D eigenvalue weighted by molar-refractivity contribution is 5.65. The first kappa shape index (κ1) is 16.4. The monoisotopic (exact) mass is 280 g/mol. The minimum atomic E-state index is -0.708. The SMILES string of the molecule is CC(C)CN(c1ccc([C@@H](C)O)cc1[N+](=O)[O-])C(C)C. The van der Waals surface area contributed by atoms with Crippen LogP contribution in [0.15, 0.2) is 18.2 Å². The van der Waals surface area contributed by atoms with Crippen molar-refractivity contribution >= 4 is 11.4 Å². The summed E-state index contributed by atoms with van der Waals surface area (Å²) in [6.45, 7) is 10.6. The summed E-state index contributed by atoms with van der Waals surface area (Å²) in [6.07, 6.45) is -0.708. The first-order chi connectivity index (χ1) is 9.23. The first-order valence-electron chi connectivity index (χ1n) is 6.97. The number of nitro groups is 1. The highest BCUT2D eigenvalue weighted by atomic mass is 16.6. The molecule has 5 heteroatoms. The van der Waals surface area contributed by atoms with Crippen molar-refractivity contribution in [3.8, 4) is 0 Å². The Bertz CT molecular complexity index is 470. The van der Waals surface area contributed by atoms with E-state index in [9.17, 15) is 15.2 Å². The molecule has 0 spiro atoms. The van der Waals surface area contributed by atoms with E-state index in [1.165, 1.54) is 6.07 Å². The van der Waals surface area contributed by atoms with Crippen LogP contribution in [0.1, 0.15) is 46.3 Å². The molecule has 5 nitrogen and oxygen atoms in total. The van der Waals surface area contributed by atoms with E-state index < -0.39 is 6.10 Å². The maximum Gasteiger partial charge on any atom is 0.292 e. The Morgan fingerprint density at radius 3 is 2.25 bits per heavy atom. The van der Waals surface area contributed by atoms with Gasteiger partial charge in [-0.3, -0.25) is 10.1 Å². The van der Waals surface area contributed by atoms with E-state index in [-0.39, 0.29) is 16.7 Å². The van der Waals surface area contributed by atoms with Crippen LogP contribution in [0, 0.1) is 16.0 Å². The molecule has 0 saturated carbocycles. The van der Waals surface area contributed by atoms with Crippen LogP contribution >= 0.6 is 0 Å². The Kier molecular flexibility index (Phi) is 5.51. The molecule has 0 aliphatic heterocycles. The van der Waals surface area contributed by atoms with Crippen molar-refractivity contribution in [3.63, 3.8) is 0 Å². The van der Waals surface area contributed by atoms with Gasteiger partial charge in [-0.05, 0) is 38.3 Å². The quantitative estimate of drug-likeness (QED) is 0.639. The number of aliphatic hydroxyl groups is 1. The van der Waals surface area contributed by atoms with Gasteiger partial charge in [0.25, 0.3) is 5.69 Å². The Hall–Kier alpha value is -1.62. The molecule has 1 rings (SSSR count). The lowest BCUT2D eigenvalue weighted by molar-refractivity contribution is -0.384. The molecule has 0 bridgehead atoms. The lowest BCUT2D eigenvalue weighted by Gasteiger charge is -2.30. The van der Waals surface area contributed by atoms with E-state index in [0.29, 0.717) is 17.2 Å². The van der Waals surface area contributed by atoms with Crippen LogP contribution < -0.4 is 4.90 Å². The number of hydrogen-bond donors (Lipinski definition) is 1. The summed E-state index contributed by atoms with van der Waals surface area (Å²) < 4.78 is 0. The van der Waals surface area contributed by atoms with Gasteiger partial charge in [0, 0.05) is 18.7 Å². The number of nitro benzene ring substituents is 1. The number of anilines is 1. The molecule has 0 aliphatic carbocycles. The topological polar surface area (TPSA) is 66.6 Å². The van der Waals surface area contributed by atoms with E-state index in [0.717, 1.165) is 6.54 Å². The molecule has 1 aromatic rings. The van der Waals surface area contributed by atoms with Crippen molar-refractivity contribution in [2.24, 2.45) is 5.92 Å². The van der Waals surface area contributed by atoms with Gasteiger partial charge >= 0.3 is 0 Å². The molecule has 0 fully saturated rings. The molecule has 1 N–H and O–H groups in total. The van der Waals surface area contributed by atoms with Crippen molar-refractivity contribution in [3.05, 3.63) is 33.9 Å². The van der Waals surface area contributed by atoms with Crippen molar-refractivity contribution < 1.29 is 10.0 Å². The Morgan fingerprint density at radius 1 is 1.25 bits per heavy atom. The molecule has 0 aromatic heterocycles.